The van der Waals surface area contributed by atoms with E-state index in [9.17, 15) is 18.0 Å². The highest BCUT2D eigenvalue weighted by Crippen LogP contribution is 2.35. The minimum absolute atomic E-state index is 0.285. The third kappa shape index (κ3) is 4.26. The molecule has 0 radical (unpaired) electrons. The molecule has 1 aliphatic carbocycles. The summed E-state index contributed by atoms with van der Waals surface area (Å²) in [7, 11) is 0. The maximum Gasteiger partial charge on any atom is 0.405 e. The zero-order chi connectivity index (χ0) is 15.4. The first-order valence-electron chi connectivity index (χ1n) is 7.06. The summed E-state index contributed by atoms with van der Waals surface area (Å²) in [6, 6.07) is -0.676. The molecule has 1 rings (SSSR count). The maximum atomic E-state index is 12.2. The van der Waals surface area contributed by atoms with Crippen LogP contribution in [0.1, 0.15) is 39.5 Å². The summed E-state index contributed by atoms with van der Waals surface area (Å²) in [5.74, 6) is 0.576. The monoisotopic (exact) mass is 295 g/mol. The fraction of sp³-hybridized carbons (Fsp3) is 0.923. The number of urea groups is 1. The Labute approximate surface area is 117 Å². The van der Waals surface area contributed by atoms with Crippen LogP contribution in [0.5, 0.6) is 0 Å². The number of hydrogen-bond donors (Lipinski definition) is 2. The van der Waals surface area contributed by atoms with Crippen molar-refractivity contribution in [1.82, 2.24) is 10.2 Å². The van der Waals surface area contributed by atoms with Gasteiger partial charge in [0.25, 0.3) is 0 Å². The molecule has 0 aromatic carbocycles. The van der Waals surface area contributed by atoms with Gasteiger partial charge in [-0.05, 0) is 38.5 Å². The van der Waals surface area contributed by atoms with E-state index in [1.807, 2.05) is 5.32 Å². The summed E-state index contributed by atoms with van der Waals surface area (Å²) < 4.78 is 36.6. The van der Waals surface area contributed by atoms with Crippen molar-refractivity contribution in [3.8, 4) is 0 Å². The number of alkyl halides is 3. The summed E-state index contributed by atoms with van der Waals surface area (Å²) in [5.41, 5.74) is 5.33. The average Bonchev–Trinajstić information content (AvgIpc) is 2.39. The predicted octanol–water partition coefficient (Wildman–Crippen LogP) is 2.49. The van der Waals surface area contributed by atoms with E-state index in [0.29, 0.717) is 12.5 Å². The molecule has 0 aromatic heterocycles. The van der Waals surface area contributed by atoms with E-state index < -0.39 is 24.3 Å². The minimum atomic E-state index is -4.40. The van der Waals surface area contributed by atoms with Crippen LogP contribution in [0.25, 0.3) is 0 Å². The standard InChI is InChI=1S/C13H24F3N3O/c1-3-19(11(20)18-9-13(14,15)16)12(8-17)6-4-10(2)5-7-12/h10H,3-9,17H2,1-2H3,(H,18,20). The smallest absolute Gasteiger partial charge is 0.329 e. The van der Waals surface area contributed by atoms with Gasteiger partial charge in [0.05, 0.1) is 5.54 Å². The molecule has 20 heavy (non-hydrogen) atoms. The lowest BCUT2D eigenvalue weighted by Crippen LogP contribution is -2.60. The number of amides is 2. The van der Waals surface area contributed by atoms with Crippen LogP contribution in [0.15, 0.2) is 0 Å². The topological polar surface area (TPSA) is 58.4 Å². The fourth-order valence-corrected chi connectivity index (χ4v) is 2.85. The molecule has 1 aliphatic rings. The lowest BCUT2D eigenvalue weighted by molar-refractivity contribution is -0.123. The van der Waals surface area contributed by atoms with Crippen LogP contribution in [0.2, 0.25) is 0 Å². The van der Waals surface area contributed by atoms with Gasteiger partial charge in [0.1, 0.15) is 6.54 Å². The lowest BCUT2D eigenvalue weighted by Gasteiger charge is -2.46. The van der Waals surface area contributed by atoms with E-state index in [1.165, 1.54) is 4.90 Å². The number of rotatable bonds is 4. The maximum absolute atomic E-state index is 12.2. The van der Waals surface area contributed by atoms with Crippen LogP contribution in [0.4, 0.5) is 18.0 Å². The number of nitrogens with two attached hydrogens (primary N) is 1. The van der Waals surface area contributed by atoms with E-state index in [0.717, 1.165) is 25.7 Å². The highest BCUT2D eigenvalue weighted by molar-refractivity contribution is 5.75. The number of hydrogen-bond acceptors (Lipinski definition) is 2. The Hall–Kier alpha value is -0.980. The zero-order valence-corrected chi connectivity index (χ0v) is 12.1. The molecule has 0 aliphatic heterocycles. The van der Waals surface area contributed by atoms with Gasteiger partial charge in [-0.3, -0.25) is 0 Å². The molecule has 7 heteroatoms. The Kier molecular flexibility index (Phi) is 5.68. The molecule has 0 atom stereocenters. The molecule has 118 valence electrons. The van der Waals surface area contributed by atoms with Crippen LogP contribution >= 0.6 is 0 Å². The van der Waals surface area contributed by atoms with Crippen molar-refractivity contribution >= 4 is 6.03 Å². The normalized spacial score (nSPS) is 27.2. The molecular formula is C13H24F3N3O. The van der Waals surface area contributed by atoms with E-state index in [2.05, 4.69) is 6.92 Å². The molecular weight excluding hydrogens is 271 g/mol. The lowest BCUT2D eigenvalue weighted by atomic mass is 9.76. The molecule has 3 N–H and O–H groups in total. The van der Waals surface area contributed by atoms with Gasteiger partial charge < -0.3 is 16.0 Å². The Bertz CT molecular complexity index is 325. The van der Waals surface area contributed by atoms with Crippen LogP contribution < -0.4 is 11.1 Å². The number of halogens is 3. The second-order valence-corrected chi connectivity index (χ2v) is 5.63. The van der Waals surface area contributed by atoms with Crippen LogP contribution in [-0.4, -0.2) is 42.3 Å². The molecule has 0 unspecified atom stereocenters. The zero-order valence-electron chi connectivity index (χ0n) is 12.1. The van der Waals surface area contributed by atoms with Gasteiger partial charge in [0.15, 0.2) is 0 Å². The minimum Gasteiger partial charge on any atom is -0.329 e. The van der Waals surface area contributed by atoms with E-state index >= 15 is 0 Å². The molecule has 0 heterocycles. The van der Waals surface area contributed by atoms with Crippen molar-refractivity contribution in [2.24, 2.45) is 11.7 Å². The van der Waals surface area contributed by atoms with Gasteiger partial charge in [0.2, 0.25) is 0 Å². The third-order valence-corrected chi connectivity index (χ3v) is 4.16. The summed E-state index contributed by atoms with van der Waals surface area (Å²) in [5, 5.41) is 1.95. The molecule has 4 nitrogen and oxygen atoms in total. The van der Waals surface area contributed by atoms with Crippen molar-refractivity contribution in [3.63, 3.8) is 0 Å². The number of nitrogens with zero attached hydrogens (tertiary/aromatic N) is 1. The molecule has 0 bridgehead atoms. The van der Waals surface area contributed by atoms with Crippen molar-refractivity contribution in [3.05, 3.63) is 0 Å². The second kappa shape index (κ2) is 6.65. The highest BCUT2D eigenvalue weighted by atomic mass is 19.4. The highest BCUT2D eigenvalue weighted by Gasteiger charge is 2.41. The Morgan fingerprint density at radius 1 is 1.40 bits per heavy atom. The first-order chi connectivity index (χ1) is 9.24. The van der Waals surface area contributed by atoms with Gasteiger partial charge >= 0.3 is 12.2 Å². The summed E-state index contributed by atoms with van der Waals surface area (Å²) >= 11 is 0. The fourth-order valence-electron chi connectivity index (χ4n) is 2.85. The van der Waals surface area contributed by atoms with Gasteiger partial charge in [0, 0.05) is 13.1 Å². The molecule has 0 saturated heterocycles. The van der Waals surface area contributed by atoms with E-state index in [1.54, 1.807) is 6.92 Å². The number of carbonyl (C=O) groups excluding carboxylic acids is 1. The molecule has 0 aromatic rings. The Balaban J connectivity index is 2.74. The van der Waals surface area contributed by atoms with Gasteiger partial charge in [-0.15, -0.1) is 0 Å². The van der Waals surface area contributed by atoms with Gasteiger partial charge in [-0.2, -0.15) is 13.2 Å². The predicted molar refractivity (Wildman–Crippen MR) is 71.3 cm³/mol. The number of nitrogens with one attached hydrogen (secondary N) is 1. The van der Waals surface area contributed by atoms with Crippen molar-refractivity contribution < 1.29 is 18.0 Å². The molecule has 0 spiro atoms. The first-order valence-corrected chi connectivity index (χ1v) is 7.06. The SMILES string of the molecule is CCN(C(=O)NCC(F)(F)F)C1(CN)CCC(C)CC1. The molecule has 1 fully saturated rings. The first kappa shape index (κ1) is 17.1. The van der Waals surface area contributed by atoms with Crippen molar-refractivity contribution in [1.29, 1.82) is 0 Å². The van der Waals surface area contributed by atoms with Crippen molar-refractivity contribution in [2.45, 2.75) is 51.2 Å². The largest absolute Gasteiger partial charge is 0.405 e. The molecule has 2 amide bonds. The van der Waals surface area contributed by atoms with Crippen LogP contribution in [0.3, 0.4) is 0 Å². The summed E-state index contributed by atoms with van der Waals surface area (Å²) in [4.78, 5) is 13.5. The van der Waals surface area contributed by atoms with Crippen molar-refractivity contribution in [2.75, 3.05) is 19.6 Å². The Morgan fingerprint density at radius 2 is 1.95 bits per heavy atom. The average molecular weight is 295 g/mol. The quantitative estimate of drug-likeness (QED) is 0.837. The van der Waals surface area contributed by atoms with Gasteiger partial charge in [-0.25, -0.2) is 4.79 Å². The summed E-state index contributed by atoms with van der Waals surface area (Å²) in [6.07, 6.45) is -1.01. The number of carbonyl (C=O) groups is 1. The number of likely N-dealkylation sites (N-methyl/N-ethyl adjacent to an activating group) is 1. The van der Waals surface area contributed by atoms with Gasteiger partial charge in [-0.1, -0.05) is 6.92 Å². The molecule has 1 saturated carbocycles. The Morgan fingerprint density at radius 3 is 2.35 bits per heavy atom. The third-order valence-electron chi connectivity index (χ3n) is 4.16. The summed E-state index contributed by atoms with van der Waals surface area (Å²) in [6.45, 7) is 3.24. The second-order valence-electron chi connectivity index (χ2n) is 5.63. The van der Waals surface area contributed by atoms with E-state index in [4.69, 9.17) is 5.73 Å². The van der Waals surface area contributed by atoms with E-state index in [-0.39, 0.29) is 6.54 Å². The van der Waals surface area contributed by atoms with Crippen LogP contribution in [-0.2, 0) is 0 Å². The van der Waals surface area contributed by atoms with Crippen LogP contribution in [0, 0.1) is 5.92 Å².